The Bertz CT molecular complexity index is 895. The summed E-state index contributed by atoms with van der Waals surface area (Å²) in [6, 6.07) is 13.2. The normalized spacial score (nSPS) is 16.7. The Morgan fingerprint density at radius 1 is 1.23 bits per heavy atom. The first-order chi connectivity index (χ1) is 12.7. The molecule has 0 radical (unpaired) electrons. The molecule has 4 rings (SSSR count). The van der Waals surface area contributed by atoms with Crippen LogP contribution in [0.1, 0.15) is 16.9 Å². The molecule has 0 aliphatic carbocycles. The molecule has 1 unspecified atom stereocenters. The number of likely N-dealkylation sites (tertiary alicyclic amines) is 1. The molecular weight excluding hydrogens is 335 g/mol. The molecule has 6 nitrogen and oxygen atoms in total. The van der Waals surface area contributed by atoms with Crippen molar-refractivity contribution < 1.29 is 13.9 Å². The molecule has 1 saturated heterocycles. The van der Waals surface area contributed by atoms with E-state index in [1.54, 1.807) is 35.4 Å². The number of halogens is 1. The third-order valence-electron chi connectivity index (χ3n) is 4.31. The average Bonchev–Trinajstić information content (AvgIpc) is 3.33. The van der Waals surface area contributed by atoms with E-state index in [4.69, 9.17) is 4.74 Å². The van der Waals surface area contributed by atoms with E-state index in [9.17, 15) is 9.18 Å². The molecule has 132 valence electrons. The predicted molar refractivity (Wildman–Crippen MR) is 93.2 cm³/mol. The molecule has 0 saturated carbocycles. The van der Waals surface area contributed by atoms with Crippen molar-refractivity contribution in [3.8, 4) is 17.1 Å². The Labute approximate surface area is 149 Å². The minimum atomic E-state index is -0.309. The van der Waals surface area contributed by atoms with Gasteiger partial charge in [0.25, 0.3) is 5.91 Å². The summed E-state index contributed by atoms with van der Waals surface area (Å²) in [5.74, 6) is 0.126. The van der Waals surface area contributed by atoms with Crippen LogP contribution in [-0.2, 0) is 0 Å². The lowest BCUT2D eigenvalue weighted by atomic mass is 10.1. The maximum atomic E-state index is 13.0. The maximum absolute atomic E-state index is 13.0. The number of H-pyrrole nitrogens is 1. The van der Waals surface area contributed by atoms with E-state index < -0.39 is 0 Å². The number of amides is 1. The van der Waals surface area contributed by atoms with Gasteiger partial charge in [-0.3, -0.25) is 9.89 Å². The second kappa shape index (κ2) is 6.95. The molecule has 1 aromatic carbocycles. The van der Waals surface area contributed by atoms with E-state index >= 15 is 0 Å². The van der Waals surface area contributed by atoms with Gasteiger partial charge in [-0.15, -0.1) is 0 Å². The zero-order chi connectivity index (χ0) is 17.9. The predicted octanol–water partition coefficient (Wildman–Crippen LogP) is 2.90. The first kappa shape index (κ1) is 16.3. The molecule has 2 aromatic heterocycles. The molecule has 1 aliphatic heterocycles. The number of nitrogens with one attached hydrogen (secondary N) is 1. The van der Waals surface area contributed by atoms with Gasteiger partial charge in [-0.1, -0.05) is 6.07 Å². The number of pyridine rings is 1. The maximum Gasteiger partial charge on any atom is 0.272 e. The summed E-state index contributed by atoms with van der Waals surface area (Å²) < 4.78 is 18.8. The van der Waals surface area contributed by atoms with E-state index in [-0.39, 0.29) is 17.8 Å². The van der Waals surface area contributed by atoms with Crippen LogP contribution in [0.15, 0.2) is 54.7 Å². The van der Waals surface area contributed by atoms with Crippen molar-refractivity contribution in [3.05, 3.63) is 66.2 Å². The van der Waals surface area contributed by atoms with Crippen LogP contribution in [0.3, 0.4) is 0 Å². The van der Waals surface area contributed by atoms with Gasteiger partial charge >= 0.3 is 0 Å². The molecule has 0 bridgehead atoms. The van der Waals surface area contributed by atoms with Crippen molar-refractivity contribution in [1.29, 1.82) is 0 Å². The zero-order valence-corrected chi connectivity index (χ0v) is 13.9. The van der Waals surface area contributed by atoms with Gasteiger partial charge in [-0.25, -0.2) is 9.37 Å². The minimum absolute atomic E-state index is 0.0756. The van der Waals surface area contributed by atoms with Crippen molar-refractivity contribution in [2.45, 2.75) is 12.5 Å². The monoisotopic (exact) mass is 352 g/mol. The van der Waals surface area contributed by atoms with Gasteiger partial charge < -0.3 is 9.64 Å². The third kappa shape index (κ3) is 3.42. The molecule has 3 aromatic rings. The van der Waals surface area contributed by atoms with Crippen LogP contribution in [0.25, 0.3) is 11.3 Å². The Morgan fingerprint density at radius 3 is 2.85 bits per heavy atom. The van der Waals surface area contributed by atoms with E-state index in [1.807, 2.05) is 12.1 Å². The summed E-state index contributed by atoms with van der Waals surface area (Å²) in [6.45, 7) is 1.11. The van der Waals surface area contributed by atoms with Crippen LogP contribution < -0.4 is 4.74 Å². The standard InChI is InChI=1S/C19H17FN4O2/c20-14-6-4-13(5-7-14)16-11-17(23-22-16)19(25)24-10-8-15(12-24)26-18-3-1-2-9-21-18/h1-7,9,11,15H,8,10,12H2,(H,22,23). The van der Waals surface area contributed by atoms with Crippen molar-refractivity contribution in [2.24, 2.45) is 0 Å². The summed E-state index contributed by atoms with van der Waals surface area (Å²) in [6.07, 6.45) is 2.35. The molecule has 0 spiro atoms. The van der Waals surface area contributed by atoms with Gasteiger partial charge in [0.2, 0.25) is 5.88 Å². The number of rotatable bonds is 4. The fourth-order valence-corrected chi connectivity index (χ4v) is 2.97. The summed E-state index contributed by atoms with van der Waals surface area (Å²) in [4.78, 5) is 18.5. The molecule has 1 fully saturated rings. The largest absolute Gasteiger partial charge is 0.472 e. The molecule has 7 heteroatoms. The number of carbonyl (C=O) groups excluding carboxylic acids is 1. The zero-order valence-electron chi connectivity index (χ0n) is 13.9. The molecular formula is C19H17FN4O2. The highest BCUT2D eigenvalue weighted by Gasteiger charge is 2.29. The van der Waals surface area contributed by atoms with Crippen molar-refractivity contribution in [3.63, 3.8) is 0 Å². The lowest BCUT2D eigenvalue weighted by Crippen LogP contribution is -2.31. The molecule has 26 heavy (non-hydrogen) atoms. The van der Waals surface area contributed by atoms with Crippen LogP contribution in [0.4, 0.5) is 4.39 Å². The molecule has 1 aliphatic rings. The van der Waals surface area contributed by atoms with Gasteiger partial charge in [0.15, 0.2) is 0 Å². The Kier molecular flexibility index (Phi) is 4.35. The number of hydrogen-bond acceptors (Lipinski definition) is 4. The number of benzene rings is 1. The smallest absolute Gasteiger partial charge is 0.272 e. The Balaban J connectivity index is 1.41. The lowest BCUT2D eigenvalue weighted by Gasteiger charge is -2.15. The van der Waals surface area contributed by atoms with E-state index in [1.165, 1.54) is 12.1 Å². The average molecular weight is 352 g/mol. The first-order valence-corrected chi connectivity index (χ1v) is 8.37. The molecule has 3 heterocycles. The van der Waals surface area contributed by atoms with Gasteiger partial charge in [0.1, 0.15) is 17.6 Å². The van der Waals surface area contributed by atoms with E-state index in [0.29, 0.717) is 30.4 Å². The van der Waals surface area contributed by atoms with Crippen LogP contribution >= 0.6 is 0 Å². The second-order valence-corrected chi connectivity index (χ2v) is 6.12. The minimum Gasteiger partial charge on any atom is -0.472 e. The highest BCUT2D eigenvalue weighted by Crippen LogP contribution is 2.21. The topological polar surface area (TPSA) is 71.1 Å². The number of aromatic nitrogens is 3. The Hall–Kier alpha value is -3.22. The highest BCUT2D eigenvalue weighted by atomic mass is 19.1. The molecule has 1 atom stereocenters. The van der Waals surface area contributed by atoms with Crippen LogP contribution in [0.2, 0.25) is 0 Å². The first-order valence-electron chi connectivity index (χ1n) is 8.37. The van der Waals surface area contributed by atoms with Crippen LogP contribution in [0.5, 0.6) is 5.88 Å². The van der Waals surface area contributed by atoms with Crippen molar-refractivity contribution in [1.82, 2.24) is 20.1 Å². The van der Waals surface area contributed by atoms with Gasteiger partial charge in [-0.2, -0.15) is 5.10 Å². The van der Waals surface area contributed by atoms with Crippen LogP contribution in [0, 0.1) is 5.82 Å². The fraction of sp³-hybridized carbons (Fsp3) is 0.211. The highest BCUT2D eigenvalue weighted by molar-refractivity contribution is 5.93. The quantitative estimate of drug-likeness (QED) is 0.784. The van der Waals surface area contributed by atoms with E-state index in [0.717, 1.165) is 12.0 Å². The van der Waals surface area contributed by atoms with Gasteiger partial charge in [0, 0.05) is 30.8 Å². The number of ether oxygens (including phenoxy) is 1. The number of nitrogens with zero attached hydrogens (tertiary/aromatic N) is 3. The number of carbonyl (C=O) groups is 1. The molecule has 1 amide bonds. The third-order valence-corrected chi connectivity index (χ3v) is 4.31. The summed E-state index contributed by atoms with van der Waals surface area (Å²) in [5.41, 5.74) is 1.76. The van der Waals surface area contributed by atoms with Gasteiger partial charge in [0.05, 0.1) is 12.2 Å². The van der Waals surface area contributed by atoms with Gasteiger partial charge in [-0.05, 0) is 36.4 Å². The van der Waals surface area contributed by atoms with E-state index in [2.05, 4.69) is 15.2 Å². The summed E-state index contributed by atoms with van der Waals surface area (Å²) in [5, 5.41) is 6.93. The molecule has 1 N–H and O–H groups in total. The van der Waals surface area contributed by atoms with Crippen molar-refractivity contribution >= 4 is 5.91 Å². The lowest BCUT2D eigenvalue weighted by molar-refractivity contribution is 0.0765. The summed E-state index contributed by atoms with van der Waals surface area (Å²) >= 11 is 0. The fourth-order valence-electron chi connectivity index (χ4n) is 2.97. The SMILES string of the molecule is O=C(c1cc(-c2ccc(F)cc2)n[nH]1)N1CCC(Oc2ccccn2)C1. The van der Waals surface area contributed by atoms with Crippen LogP contribution in [-0.4, -0.2) is 45.2 Å². The number of aromatic amines is 1. The second-order valence-electron chi connectivity index (χ2n) is 6.12. The Morgan fingerprint density at radius 2 is 2.08 bits per heavy atom. The van der Waals surface area contributed by atoms with Crippen molar-refractivity contribution in [2.75, 3.05) is 13.1 Å². The summed E-state index contributed by atoms with van der Waals surface area (Å²) in [7, 11) is 0. The number of hydrogen-bond donors (Lipinski definition) is 1.